The monoisotopic (exact) mass is 203 g/mol. The van der Waals surface area contributed by atoms with Crippen molar-refractivity contribution >= 4 is 5.65 Å². The minimum atomic E-state index is 0.508. The van der Waals surface area contributed by atoms with E-state index in [0.29, 0.717) is 6.04 Å². The lowest BCUT2D eigenvalue weighted by atomic mass is 9.83. The second-order valence-electron chi connectivity index (χ2n) is 4.80. The average molecular weight is 203 g/mol. The van der Waals surface area contributed by atoms with E-state index >= 15 is 0 Å². The molecule has 3 nitrogen and oxygen atoms in total. The summed E-state index contributed by atoms with van der Waals surface area (Å²) >= 11 is 0. The maximum absolute atomic E-state index is 4.63. The molecule has 0 unspecified atom stereocenters. The van der Waals surface area contributed by atoms with Crippen LogP contribution < -0.4 is 0 Å². The number of hydrogen-bond acceptors (Lipinski definition) is 1. The molecule has 0 amide bonds. The Labute approximate surface area is 89.7 Å². The largest absolute Gasteiger partial charge is 0.329 e. The van der Waals surface area contributed by atoms with E-state index in [0.717, 1.165) is 5.92 Å². The first-order chi connectivity index (χ1) is 7.25. The van der Waals surface area contributed by atoms with Crippen LogP contribution in [-0.2, 0) is 0 Å². The van der Waals surface area contributed by atoms with Gasteiger partial charge in [-0.2, -0.15) is 5.10 Å². The number of aromatic nitrogens is 3. The Morgan fingerprint density at radius 2 is 2.13 bits per heavy atom. The van der Waals surface area contributed by atoms with Crippen molar-refractivity contribution in [2.45, 2.75) is 45.1 Å². The third-order valence-electron chi connectivity index (χ3n) is 3.45. The van der Waals surface area contributed by atoms with Gasteiger partial charge in [-0.25, -0.2) is 4.52 Å². The number of rotatable bonds is 2. The average Bonchev–Trinajstić information content (AvgIpc) is 2.57. The van der Waals surface area contributed by atoms with E-state index < -0.39 is 0 Å². The highest BCUT2D eigenvalue weighted by Gasteiger charge is 2.23. The quantitative estimate of drug-likeness (QED) is 0.735. The second-order valence-corrected chi connectivity index (χ2v) is 4.80. The normalized spacial score (nSPS) is 17.5. The number of fused-ring (bicyclic) bond motifs is 1. The Morgan fingerprint density at radius 1 is 1.33 bits per heavy atom. The van der Waals surface area contributed by atoms with Crippen LogP contribution in [0.2, 0.25) is 0 Å². The smallest absolute Gasteiger partial charge is 0.136 e. The maximum Gasteiger partial charge on any atom is 0.136 e. The highest BCUT2D eigenvalue weighted by molar-refractivity contribution is 5.42. The van der Waals surface area contributed by atoms with Crippen molar-refractivity contribution in [2.75, 3.05) is 0 Å². The van der Waals surface area contributed by atoms with E-state index in [4.69, 9.17) is 0 Å². The molecule has 80 valence electrons. The summed E-state index contributed by atoms with van der Waals surface area (Å²) in [6, 6.07) is 2.76. The molecule has 1 aliphatic rings. The lowest BCUT2D eigenvalue weighted by molar-refractivity contribution is 0.409. The Morgan fingerprint density at radius 3 is 2.73 bits per heavy atom. The van der Waals surface area contributed by atoms with Crippen molar-refractivity contribution in [1.29, 1.82) is 0 Å². The molecular formula is C12H17N3. The van der Waals surface area contributed by atoms with Crippen molar-refractivity contribution < 1.29 is 0 Å². The summed E-state index contributed by atoms with van der Waals surface area (Å²) < 4.78 is 4.28. The molecule has 0 N–H and O–H groups in total. The molecule has 0 aromatic carbocycles. The lowest BCUT2D eigenvalue weighted by Gasteiger charge is -2.22. The molecule has 1 fully saturated rings. The zero-order valence-corrected chi connectivity index (χ0v) is 9.35. The van der Waals surface area contributed by atoms with Crippen LogP contribution in [0.15, 0.2) is 18.5 Å². The fourth-order valence-corrected chi connectivity index (χ4v) is 2.26. The van der Waals surface area contributed by atoms with Crippen LogP contribution in [0.25, 0.3) is 5.65 Å². The molecule has 0 atom stereocenters. The zero-order valence-electron chi connectivity index (χ0n) is 9.35. The van der Waals surface area contributed by atoms with Crippen LogP contribution in [0.3, 0.4) is 0 Å². The third-order valence-corrected chi connectivity index (χ3v) is 3.45. The van der Waals surface area contributed by atoms with Gasteiger partial charge < -0.3 is 4.57 Å². The predicted molar refractivity (Wildman–Crippen MR) is 60.2 cm³/mol. The molecule has 1 saturated carbocycles. The van der Waals surface area contributed by atoms with Gasteiger partial charge in [0.25, 0.3) is 0 Å². The Hall–Kier alpha value is -1.25. The number of hydrogen-bond donors (Lipinski definition) is 0. The zero-order chi connectivity index (χ0) is 10.4. The highest BCUT2D eigenvalue weighted by atomic mass is 15.3. The van der Waals surface area contributed by atoms with Crippen molar-refractivity contribution in [1.82, 2.24) is 14.2 Å². The molecule has 2 aromatic heterocycles. The van der Waals surface area contributed by atoms with Crippen molar-refractivity contribution in [2.24, 2.45) is 0 Å². The van der Waals surface area contributed by atoms with E-state index in [2.05, 4.69) is 42.0 Å². The number of imidazole rings is 1. The fourth-order valence-electron chi connectivity index (χ4n) is 2.26. The van der Waals surface area contributed by atoms with Gasteiger partial charge in [0.2, 0.25) is 0 Å². The van der Waals surface area contributed by atoms with Crippen LogP contribution >= 0.6 is 0 Å². The fraction of sp³-hybridized carbons (Fsp3) is 0.583. The molecule has 2 aromatic rings. The van der Waals surface area contributed by atoms with E-state index in [1.54, 1.807) is 0 Å². The minimum absolute atomic E-state index is 0.508. The first-order valence-corrected chi connectivity index (χ1v) is 5.82. The van der Waals surface area contributed by atoms with Gasteiger partial charge in [0, 0.05) is 30.4 Å². The van der Waals surface area contributed by atoms with Gasteiger partial charge >= 0.3 is 0 Å². The first-order valence-electron chi connectivity index (χ1n) is 5.82. The van der Waals surface area contributed by atoms with E-state index in [1.165, 1.54) is 30.6 Å². The molecule has 1 aliphatic carbocycles. The van der Waals surface area contributed by atoms with Crippen LogP contribution in [0, 0.1) is 0 Å². The topological polar surface area (TPSA) is 22.2 Å². The van der Waals surface area contributed by atoms with E-state index in [1.807, 2.05) is 4.52 Å². The van der Waals surface area contributed by atoms with Crippen LogP contribution in [0.1, 0.15) is 50.8 Å². The molecule has 0 radical (unpaired) electrons. The minimum Gasteiger partial charge on any atom is -0.329 e. The van der Waals surface area contributed by atoms with Crippen molar-refractivity contribution in [3.05, 3.63) is 24.2 Å². The maximum atomic E-state index is 4.63. The van der Waals surface area contributed by atoms with Crippen LogP contribution in [0.4, 0.5) is 0 Å². The van der Waals surface area contributed by atoms with E-state index in [-0.39, 0.29) is 0 Å². The molecular weight excluding hydrogens is 186 g/mol. The van der Waals surface area contributed by atoms with Crippen LogP contribution in [-0.4, -0.2) is 14.2 Å². The Kier molecular flexibility index (Phi) is 1.87. The predicted octanol–water partition coefficient (Wildman–Crippen LogP) is 2.98. The van der Waals surface area contributed by atoms with E-state index in [9.17, 15) is 0 Å². The van der Waals surface area contributed by atoms with Crippen LogP contribution in [0.5, 0.6) is 0 Å². The molecule has 3 rings (SSSR count). The molecule has 15 heavy (non-hydrogen) atoms. The van der Waals surface area contributed by atoms with Gasteiger partial charge in [0.1, 0.15) is 5.65 Å². The SMILES string of the molecule is CC(C)n1ccn2nc(C3CCC3)cc12. The standard InChI is InChI=1S/C12H17N3/c1-9(2)14-6-7-15-12(14)8-11(13-15)10-4-3-5-10/h6-10H,3-5H2,1-2H3. The summed E-state index contributed by atoms with van der Waals surface area (Å²) in [5.41, 5.74) is 2.51. The Balaban J connectivity index is 2.06. The highest BCUT2D eigenvalue weighted by Crippen LogP contribution is 2.36. The molecule has 0 bridgehead atoms. The van der Waals surface area contributed by atoms with Gasteiger partial charge in [0.15, 0.2) is 0 Å². The lowest BCUT2D eigenvalue weighted by Crippen LogP contribution is -2.09. The van der Waals surface area contributed by atoms with Gasteiger partial charge in [-0.05, 0) is 26.7 Å². The first kappa shape index (κ1) is 9.01. The van der Waals surface area contributed by atoms with Gasteiger partial charge in [-0.15, -0.1) is 0 Å². The third kappa shape index (κ3) is 1.29. The summed E-state index contributed by atoms with van der Waals surface area (Å²) in [7, 11) is 0. The van der Waals surface area contributed by atoms with Crippen molar-refractivity contribution in [3.8, 4) is 0 Å². The summed E-state index contributed by atoms with van der Waals surface area (Å²) in [4.78, 5) is 0. The summed E-state index contributed by atoms with van der Waals surface area (Å²) in [5, 5.41) is 4.63. The van der Waals surface area contributed by atoms with Gasteiger partial charge in [-0.1, -0.05) is 6.42 Å². The Bertz CT molecular complexity index is 474. The molecule has 0 saturated heterocycles. The summed E-state index contributed by atoms with van der Waals surface area (Å²) in [6.07, 6.45) is 8.18. The second kappa shape index (κ2) is 3.12. The molecule has 3 heteroatoms. The summed E-state index contributed by atoms with van der Waals surface area (Å²) in [6.45, 7) is 4.41. The van der Waals surface area contributed by atoms with Gasteiger partial charge in [-0.3, -0.25) is 0 Å². The summed E-state index contributed by atoms with van der Waals surface area (Å²) in [5.74, 6) is 0.727. The van der Waals surface area contributed by atoms with Gasteiger partial charge in [0.05, 0.1) is 5.69 Å². The molecule has 0 spiro atoms. The molecule has 2 heterocycles. The molecule has 0 aliphatic heterocycles. The number of nitrogens with zero attached hydrogens (tertiary/aromatic N) is 3. The van der Waals surface area contributed by atoms with Crippen molar-refractivity contribution in [3.63, 3.8) is 0 Å².